The van der Waals surface area contributed by atoms with Crippen molar-refractivity contribution in [1.29, 1.82) is 0 Å². The first-order valence-electron chi connectivity index (χ1n) is 7.99. The molecule has 1 aromatic rings. The molecule has 23 heavy (non-hydrogen) atoms. The maximum Gasteiger partial charge on any atom is 0.406 e. The van der Waals surface area contributed by atoms with E-state index in [9.17, 15) is 9.90 Å². The first-order chi connectivity index (χ1) is 11.0. The van der Waals surface area contributed by atoms with Crippen molar-refractivity contribution >= 4 is 6.09 Å². The summed E-state index contributed by atoms with van der Waals surface area (Å²) in [5.74, 6) is 0.735. The van der Waals surface area contributed by atoms with Gasteiger partial charge in [0.2, 0.25) is 0 Å². The Balaban J connectivity index is 2.23. The molecule has 0 saturated heterocycles. The molecule has 0 heterocycles. The average Bonchev–Trinajstić information content (AvgIpc) is 2.55. The predicted octanol–water partition coefficient (Wildman–Crippen LogP) is 1.71. The third kappa shape index (κ3) is 9.05. The zero-order valence-corrected chi connectivity index (χ0v) is 14.2. The summed E-state index contributed by atoms with van der Waals surface area (Å²) >= 11 is 0. The highest BCUT2D eigenvalue weighted by molar-refractivity contribution is 5.66. The van der Waals surface area contributed by atoms with Gasteiger partial charge in [-0.1, -0.05) is 26.0 Å². The summed E-state index contributed by atoms with van der Waals surface area (Å²) in [5.41, 5.74) is 1.15. The van der Waals surface area contributed by atoms with Gasteiger partial charge in [0.1, 0.15) is 18.5 Å². The molecule has 6 nitrogen and oxygen atoms in total. The average molecular weight is 324 g/mol. The van der Waals surface area contributed by atoms with Crippen LogP contribution in [0.15, 0.2) is 24.3 Å². The van der Waals surface area contributed by atoms with Crippen LogP contribution >= 0.6 is 0 Å². The summed E-state index contributed by atoms with van der Waals surface area (Å²) in [4.78, 5) is 10.9. The van der Waals surface area contributed by atoms with Gasteiger partial charge < -0.3 is 25.2 Å². The molecule has 0 fully saturated rings. The van der Waals surface area contributed by atoms with Gasteiger partial charge in [0.15, 0.2) is 0 Å². The van der Waals surface area contributed by atoms with E-state index in [1.807, 2.05) is 38.1 Å². The highest BCUT2D eigenvalue weighted by Crippen LogP contribution is 2.13. The smallest absolute Gasteiger partial charge is 0.406 e. The lowest BCUT2D eigenvalue weighted by atomic mass is 10.1. The Morgan fingerprint density at radius 3 is 2.57 bits per heavy atom. The fraction of sp³-hybridized carbons (Fsp3) is 0.588. The molecule has 130 valence electrons. The Hall–Kier alpha value is -1.79. The molecule has 1 amide bonds. The standard InChI is InChI=1S/C17H28N2O4/c1-13(2)19-11-15(20)12-23-16-8-6-14(7-9-16)5-4-10-22-17(21)18-3/h6-9,13,15,19-20H,4-5,10-12H2,1-3H3,(H,18,21). The fourth-order valence-electron chi connectivity index (χ4n) is 1.89. The molecule has 0 aliphatic heterocycles. The maximum atomic E-state index is 10.9. The van der Waals surface area contributed by atoms with E-state index in [2.05, 4.69) is 10.6 Å². The van der Waals surface area contributed by atoms with Gasteiger partial charge in [-0.25, -0.2) is 4.79 Å². The molecular formula is C17H28N2O4. The molecule has 6 heteroatoms. The van der Waals surface area contributed by atoms with Crippen LogP contribution in [0.25, 0.3) is 0 Å². The third-order valence-corrected chi connectivity index (χ3v) is 3.17. The number of carbonyl (C=O) groups is 1. The first-order valence-corrected chi connectivity index (χ1v) is 7.99. The number of benzene rings is 1. The van der Waals surface area contributed by atoms with E-state index in [0.29, 0.717) is 19.2 Å². The summed E-state index contributed by atoms with van der Waals surface area (Å²) < 4.78 is 10.5. The van der Waals surface area contributed by atoms with Crippen LogP contribution in [0.1, 0.15) is 25.8 Å². The molecule has 0 spiro atoms. The first kappa shape index (κ1) is 19.3. The van der Waals surface area contributed by atoms with E-state index >= 15 is 0 Å². The minimum atomic E-state index is -0.529. The number of ether oxygens (including phenoxy) is 2. The number of carbonyl (C=O) groups excluding carboxylic acids is 1. The topological polar surface area (TPSA) is 79.8 Å². The van der Waals surface area contributed by atoms with Gasteiger partial charge in [-0.3, -0.25) is 0 Å². The van der Waals surface area contributed by atoms with Crippen LogP contribution in [0.2, 0.25) is 0 Å². The number of aliphatic hydroxyl groups excluding tert-OH is 1. The van der Waals surface area contributed by atoms with Crippen molar-refractivity contribution in [2.45, 2.75) is 38.8 Å². The van der Waals surface area contributed by atoms with Crippen molar-refractivity contribution in [2.75, 3.05) is 26.8 Å². The van der Waals surface area contributed by atoms with Gasteiger partial charge in [0, 0.05) is 19.6 Å². The number of amides is 1. The highest BCUT2D eigenvalue weighted by Gasteiger charge is 2.06. The molecule has 1 rings (SSSR count). The monoisotopic (exact) mass is 324 g/mol. The summed E-state index contributed by atoms with van der Waals surface area (Å²) in [7, 11) is 1.54. The Bertz CT molecular complexity index is 448. The molecular weight excluding hydrogens is 296 g/mol. The van der Waals surface area contributed by atoms with E-state index in [1.165, 1.54) is 7.05 Å². The predicted molar refractivity (Wildman–Crippen MR) is 89.8 cm³/mol. The van der Waals surface area contributed by atoms with Gasteiger partial charge in [-0.2, -0.15) is 0 Å². The number of aryl methyl sites for hydroxylation is 1. The molecule has 1 atom stereocenters. The second-order valence-electron chi connectivity index (χ2n) is 5.66. The van der Waals surface area contributed by atoms with E-state index in [0.717, 1.165) is 24.2 Å². The number of nitrogens with one attached hydrogen (secondary N) is 2. The summed E-state index contributed by atoms with van der Waals surface area (Å²) in [6.45, 7) is 5.24. The van der Waals surface area contributed by atoms with Gasteiger partial charge in [0.25, 0.3) is 0 Å². The van der Waals surface area contributed by atoms with Gasteiger partial charge in [-0.05, 0) is 30.5 Å². The molecule has 0 aromatic heterocycles. The van der Waals surface area contributed by atoms with E-state index < -0.39 is 12.2 Å². The fourth-order valence-corrected chi connectivity index (χ4v) is 1.89. The zero-order valence-electron chi connectivity index (χ0n) is 14.2. The van der Waals surface area contributed by atoms with Crippen molar-refractivity contribution in [1.82, 2.24) is 10.6 Å². The number of hydrogen-bond acceptors (Lipinski definition) is 5. The molecule has 0 bridgehead atoms. The molecule has 0 aliphatic carbocycles. The Morgan fingerprint density at radius 2 is 1.96 bits per heavy atom. The Morgan fingerprint density at radius 1 is 1.26 bits per heavy atom. The second kappa shape index (κ2) is 10.9. The number of rotatable bonds is 10. The highest BCUT2D eigenvalue weighted by atomic mass is 16.5. The van der Waals surface area contributed by atoms with Crippen LogP contribution in [-0.4, -0.2) is 50.2 Å². The van der Waals surface area contributed by atoms with Crippen LogP contribution in [-0.2, 0) is 11.2 Å². The minimum absolute atomic E-state index is 0.263. The Kier molecular flexibility index (Phi) is 9.09. The lowest BCUT2D eigenvalue weighted by molar-refractivity contribution is 0.104. The third-order valence-electron chi connectivity index (χ3n) is 3.17. The maximum absolute atomic E-state index is 10.9. The normalized spacial score (nSPS) is 12.0. The van der Waals surface area contributed by atoms with Crippen molar-refractivity contribution in [3.8, 4) is 5.75 Å². The molecule has 0 aliphatic rings. The van der Waals surface area contributed by atoms with Crippen molar-refractivity contribution in [3.63, 3.8) is 0 Å². The summed E-state index contributed by atoms with van der Waals surface area (Å²) in [6, 6.07) is 8.08. The zero-order chi connectivity index (χ0) is 17.1. The van der Waals surface area contributed by atoms with Gasteiger partial charge in [0.05, 0.1) is 6.61 Å². The quantitative estimate of drug-likeness (QED) is 0.571. The van der Waals surface area contributed by atoms with Crippen LogP contribution in [0.4, 0.5) is 4.79 Å². The van der Waals surface area contributed by atoms with E-state index in [4.69, 9.17) is 9.47 Å². The van der Waals surface area contributed by atoms with E-state index in [1.54, 1.807) is 0 Å². The molecule has 0 radical (unpaired) electrons. The van der Waals surface area contributed by atoms with Crippen LogP contribution in [0, 0.1) is 0 Å². The number of hydrogen-bond donors (Lipinski definition) is 3. The lowest BCUT2D eigenvalue weighted by Crippen LogP contribution is -2.35. The van der Waals surface area contributed by atoms with E-state index in [-0.39, 0.29) is 6.61 Å². The van der Waals surface area contributed by atoms with Crippen molar-refractivity contribution in [2.24, 2.45) is 0 Å². The van der Waals surface area contributed by atoms with Gasteiger partial charge >= 0.3 is 6.09 Å². The molecule has 1 unspecified atom stereocenters. The van der Waals surface area contributed by atoms with Crippen molar-refractivity contribution in [3.05, 3.63) is 29.8 Å². The van der Waals surface area contributed by atoms with Crippen LogP contribution in [0.3, 0.4) is 0 Å². The number of alkyl carbamates (subject to hydrolysis) is 1. The SMILES string of the molecule is CNC(=O)OCCCc1ccc(OCC(O)CNC(C)C)cc1. The van der Waals surface area contributed by atoms with Crippen molar-refractivity contribution < 1.29 is 19.4 Å². The lowest BCUT2D eigenvalue weighted by Gasteiger charge is -2.15. The van der Waals surface area contributed by atoms with Crippen LogP contribution in [0.5, 0.6) is 5.75 Å². The second-order valence-corrected chi connectivity index (χ2v) is 5.66. The van der Waals surface area contributed by atoms with Crippen LogP contribution < -0.4 is 15.4 Å². The minimum Gasteiger partial charge on any atom is -0.491 e. The Labute approximate surface area is 138 Å². The number of aliphatic hydroxyl groups is 1. The molecule has 1 aromatic carbocycles. The summed E-state index contributed by atoms with van der Waals surface area (Å²) in [6.07, 6.45) is 0.670. The van der Waals surface area contributed by atoms with Gasteiger partial charge in [-0.15, -0.1) is 0 Å². The summed E-state index contributed by atoms with van der Waals surface area (Å²) in [5, 5.41) is 15.4. The molecule has 0 saturated carbocycles. The molecule has 3 N–H and O–H groups in total. The largest absolute Gasteiger partial charge is 0.491 e.